The van der Waals surface area contributed by atoms with Crippen molar-refractivity contribution in [3.05, 3.63) is 321 Å². The summed E-state index contributed by atoms with van der Waals surface area (Å²) in [5.74, 6) is 0. The number of nitrogens with zero attached hydrogens (tertiary/aromatic N) is 2. The number of fused-ring (bicyclic) bond motifs is 11. The first-order valence-corrected chi connectivity index (χ1v) is 33.7. The highest BCUT2D eigenvalue weighted by atomic mass is 32.1. The van der Waals surface area contributed by atoms with Crippen LogP contribution in [0.3, 0.4) is 0 Å². The molecule has 1 aliphatic carbocycles. The fraction of sp³-hybridized carbons (Fsp3) is 0.0233. The van der Waals surface area contributed by atoms with E-state index in [-0.39, 0.29) is 0 Å². The topological polar surface area (TPSA) is 6.48 Å². The Labute approximate surface area is 540 Å². The maximum Gasteiger partial charge on any atom is 0.0540 e. The van der Waals surface area contributed by atoms with E-state index in [4.69, 9.17) is 0 Å². The van der Waals surface area contributed by atoms with E-state index >= 15 is 0 Å². The molecule has 1 aliphatic rings. The van der Waals surface area contributed by atoms with Crippen LogP contribution in [0, 0.1) is 0 Å². The molecular weight excluding hydrogens is 1160 g/mol. The first-order valence-electron chi connectivity index (χ1n) is 31.3. The van der Waals surface area contributed by atoms with E-state index in [1.807, 2.05) is 34.0 Å². The molecule has 0 saturated carbocycles. The summed E-state index contributed by atoms with van der Waals surface area (Å²) < 4.78 is 7.85. The Balaban J connectivity index is 0.711. The molecule has 0 saturated heterocycles. The van der Waals surface area contributed by atoms with E-state index in [0.717, 1.165) is 35.6 Å². The first-order chi connectivity index (χ1) is 45.1. The smallest absolute Gasteiger partial charge is 0.0540 e. The minimum absolute atomic E-state index is 1.03. The van der Waals surface area contributed by atoms with Crippen LogP contribution < -0.4 is 9.80 Å². The van der Waals surface area contributed by atoms with Gasteiger partial charge in [0.25, 0.3) is 0 Å². The molecule has 0 bridgehead atoms. The fourth-order valence-electron chi connectivity index (χ4n) is 14.2. The van der Waals surface area contributed by atoms with Crippen molar-refractivity contribution in [2.75, 3.05) is 9.80 Å². The molecule has 14 aromatic carbocycles. The van der Waals surface area contributed by atoms with Crippen LogP contribution in [0.1, 0.15) is 12.8 Å². The number of para-hydroxylation sites is 1. The van der Waals surface area contributed by atoms with Gasteiger partial charge in [0.1, 0.15) is 0 Å². The summed E-state index contributed by atoms with van der Waals surface area (Å²) in [7, 11) is 0. The molecule has 91 heavy (non-hydrogen) atoms. The Morgan fingerprint density at radius 3 is 1.27 bits per heavy atom. The van der Waals surface area contributed by atoms with E-state index < -0.39 is 0 Å². The summed E-state index contributed by atoms with van der Waals surface area (Å²) in [4.78, 5) is 4.82. The van der Waals surface area contributed by atoms with Crippen LogP contribution in [0.2, 0.25) is 0 Å². The lowest BCUT2D eigenvalue weighted by atomic mass is 9.91. The third-order valence-corrected chi connectivity index (χ3v) is 22.1. The third-order valence-electron chi connectivity index (χ3n) is 18.5. The van der Waals surface area contributed by atoms with Crippen LogP contribution >= 0.6 is 34.0 Å². The van der Waals surface area contributed by atoms with Gasteiger partial charge in [0.2, 0.25) is 0 Å². The van der Waals surface area contributed by atoms with Crippen LogP contribution in [0.15, 0.2) is 321 Å². The SMILES string of the molecule is C1=CC(N(c2ccc(-c3ccc(N(c4ccccc4)c4cccc5c(-c6ccc7c(c6)sc6c(-c8cc(-c9cccc%10c9sc9ccccc9%10)cc(-c9cccc%10c9sc9ccccc9%10)c8)cccc67)cccc45)cc3)cc2)c2cccc3ccccc23)=CCC1. The Kier molecular flexibility index (Phi) is 13.0. The van der Waals surface area contributed by atoms with Crippen molar-refractivity contribution in [1.82, 2.24) is 0 Å². The average Bonchev–Trinajstić information content (AvgIpc) is 1.80. The molecule has 0 amide bonds. The van der Waals surface area contributed by atoms with E-state index in [0.29, 0.717) is 0 Å². The van der Waals surface area contributed by atoms with Crippen molar-refractivity contribution in [2.45, 2.75) is 12.8 Å². The second-order valence-corrected chi connectivity index (χ2v) is 26.9. The fourth-order valence-corrected chi connectivity index (χ4v) is 17.9. The van der Waals surface area contributed by atoms with Gasteiger partial charge in [-0.1, -0.05) is 224 Å². The molecule has 0 aliphatic heterocycles. The highest BCUT2D eigenvalue weighted by Crippen LogP contribution is 2.49. The van der Waals surface area contributed by atoms with Crippen molar-refractivity contribution < 1.29 is 0 Å². The van der Waals surface area contributed by atoms with Gasteiger partial charge in [0.05, 0.1) is 11.4 Å². The zero-order valence-corrected chi connectivity index (χ0v) is 52.0. The zero-order valence-electron chi connectivity index (χ0n) is 49.6. The number of hydrogen-bond acceptors (Lipinski definition) is 5. The molecule has 2 nitrogen and oxygen atoms in total. The number of anilines is 5. The van der Waals surface area contributed by atoms with Gasteiger partial charge >= 0.3 is 0 Å². The summed E-state index contributed by atoms with van der Waals surface area (Å²) in [5, 5.41) is 12.7. The summed E-state index contributed by atoms with van der Waals surface area (Å²) in [6.07, 6.45) is 9.02. The Morgan fingerprint density at radius 2 is 0.681 bits per heavy atom. The molecule has 18 rings (SSSR count). The van der Waals surface area contributed by atoms with Crippen molar-refractivity contribution in [3.63, 3.8) is 0 Å². The summed E-state index contributed by atoms with van der Waals surface area (Å²) in [6.45, 7) is 0. The summed E-state index contributed by atoms with van der Waals surface area (Å²) in [6, 6.07) is 111. The van der Waals surface area contributed by atoms with Gasteiger partial charge in [-0.05, 0) is 170 Å². The molecule has 0 radical (unpaired) electrons. The molecule has 5 heteroatoms. The number of benzene rings is 14. The Hall–Kier alpha value is -10.7. The highest BCUT2D eigenvalue weighted by Gasteiger charge is 2.22. The summed E-state index contributed by atoms with van der Waals surface area (Å²) >= 11 is 5.71. The van der Waals surface area contributed by atoms with Crippen molar-refractivity contribution in [2.24, 2.45) is 0 Å². The molecule has 0 spiro atoms. The van der Waals surface area contributed by atoms with Gasteiger partial charge in [-0.25, -0.2) is 0 Å². The molecule has 0 unspecified atom stereocenters. The van der Waals surface area contributed by atoms with Gasteiger partial charge in [-0.2, -0.15) is 0 Å². The maximum atomic E-state index is 2.45. The van der Waals surface area contributed by atoms with Crippen LogP contribution in [0.25, 0.3) is 138 Å². The monoisotopic (exact) mass is 1210 g/mol. The van der Waals surface area contributed by atoms with Gasteiger partial charge in [0.15, 0.2) is 0 Å². The molecule has 3 aromatic heterocycles. The van der Waals surface area contributed by atoms with E-state index in [1.54, 1.807) is 0 Å². The third kappa shape index (κ3) is 9.18. The lowest BCUT2D eigenvalue weighted by Gasteiger charge is -2.29. The van der Waals surface area contributed by atoms with Gasteiger partial charge < -0.3 is 9.80 Å². The lowest BCUT2D eigenvalue weighted by molar-refractivity contribution is 0.998. The van der Waals surface area contributed by atoms with Crippen LogP contribution in [0.4, 0.5) is 28.4 Å². The first kappa shape index (κ1) is 53.4. The molecule has 0 N–H and O–H groups in total. The minimum atomic E-state index is 1.03. The second-order valence-electron chi connectivity index (χ2n) is 23.7. The molecule has 0 fully saturated rings. The van der Waals surface area contributed by atoms with E-state index in [9.17, 15) is 0 Å². The normalized spacial score (nSPS) is 12.5. The number of hydrogen-bond donors (Lipinski definition) is 0. The largest absolute Gasteiger partial charge is 0.310 e. The van der Waals surface area contributed by atoms with Crippen LogP contribution in [-0.2, 0) is 0 Å². The number of rotatable bonds is 11. The Bertz CT molecular complexity index is 5650. The molecule has 428 valence electrons. The van der Waals surface area contributed by atoms with Crippen molar-refractivity contribution >= 4 is 145 Å². The zero-order chi connectivity index (χ0) is 59.9. The van der Waals surface area contributed by atoms with Crippen LogP contribution in [0.5, 0.6) is 0 Å². The van der Waals surface area contributed by atoms with Crippen molar-refractivity contribution in [3.8, 4) is 55.6 Å². The molecule has 17 aromatic rings. The second kappa shape index (κ2) is 22.1. The summed E-state index contributed by atoms with van der Waals surface area (Å²) in [5.41, 5.74) is 19.1. The van der Waals surface area contributed by atoms with Crippen molar-refractivity contribution in [1.29, 1.82) is 0 Å². The van der Waals surface area contributed by atoms with Gasteiger partial charge in [-0.3, -0.25) is 0 Å². The molecule has 3 heterocycles. The predicted octanol–water partition coefficient (Wildman–Crippen LogP) is 26.3. The minimum Gasteiger partial charge on any atom is -0.310 e. The highest BCUT2D eigenvalue weighted by molar-refractivity contribution is 7.27. The predicted molar refractivity (Wildman–Crippen MR) is 397 cm³/mol. The maximum absolute atomic E-state index is 2.45. The quantitative estimate of drug-likeness (QED) is 0.127. The van der Waals surface area contributed by atoms with E-state index in [1.165, 1.54) is 149 Å². The van der Waals surface area contributed by atoms with Gasteiger partial charge in [0, 0.05) is 94.0 Å². The molecular formula is C86H56N2S3. The lowest BCUT2D eigenvalue weighted by Crippen LogP contribution is -2.16. The van der Waals surface area contributed by atoms with Crippen LogP contribution in [-0.4, -0.2) is 0 Å². The average molecular weight is 1210 g/mol. The van der Waals surface area contributed by atoms with E-state index in [2.05, 4.69) is 325 Å². The Morgan fingerprint density at radius 1 is 0.253 bits per heavy atom. The molecule has 0 atom stereocenters. The van der Waals surface area contributed by atoms with Gasteiger partial charge in [-0.15, -0.1) is 34.0 Å². The number of allylic oxidation sites excluding steroid dienone is 3. The number of thiophene rings is 3. The standard InChI is InChI=1S/C86H56N2S3/c1-3-21-62(22-4-1)87(79-37-13-20-57-19-7-8-25-67(57)79)64-46-41-55(42-47-64)56-43-48-65(49-44-56)88(63-23-5-2-6-24-63)80-38-18-32-71-66(28-14-33-72(71)80)58-45-50-75-78-36-17-31-70(86(78)91-83(75)54-58)61-52-59(68-29-15-34-76-73-26-9-11-39-81(73)89-84(68)76)51-60(53-61)69-30-16-35-77-74-27-10-12-40-82(74)90-85(69)77/h2-3,5-54H,1,4H2.